The molecular weight excluding hydrogens is 851 g/mol. The number of ether oxygens (including phenoxy) is 1. The average molecular weight is 892 g/mol. The fraction of sp³-hybridized carbons (Fsp3) is 0.469. The third kappa shape index (κ3) is 26.9. The molecule has 0 atom stereocenters. The van der Waals surface area contributed by atoms with Crippen LogP contribution in [0.2, 0.25) is 0 Å². The van der Waals surface area contributed by atoms with Crippen molar-refractivity contribution in [3.63, 3.8) is 0 Å². The zero-order valence-electron chi connectivity index (χ0n) is 31.7. The standard InChI is InChI=1S/C19H26F3N3O3.C10H9BrF3NO.C2H3BO.CH2O3.2K.H/c1-18(2,3)28-17(27)25-12-10-24(11-13-25)9-8-23-16(26)14-4-6-15(7-5-14)19(20,21)22;11-5-6-15-9(16)7-1-3-8(4-2-7)10(12,13)14;1-2(3)4;2-1-4-3;;;/h4-7H,8-13H2,1-3H3,(H,23,26);1-4H,5-6H2,(H,15,16);1H3;1,3H;;;/q;;;;2*+1;-1/p-1. The summed E-state index contributed by atoms with van der Waals surface area (Å²) in [7, 11) is 4.47. The van der Waals surface area contributed by atoms with E-state index in [0.29, 0.717) is 51.1 Å². The fourth-order valence-electron chi connectivity index (χ4n) is 3.79. The van der Waals surface area contributed by atoms with Crippen molar-refractivity contribution in [2.45, 2.75) is 45.6 Å². The van der Waals surface area contributed by atoms with Crippen LogP contribution in [0.4, 0.5) is 31.1 Å². The van der Waals surface area contributed by atoms with Gasteiger partial charge in [0.2, 0.25) is 0 Å². The van der Waals surface area contributed by atoms with E-state index in [0.717, 1.165) is 48.5 Å². The Morgan fingerprint density at radius 2 is 1.17 bits per heavy atom. The van der Waals surface area contributed by atoms with E-state index in [4.69, 9.17) is 14.8 Å². The molecule has 22 heteroatoms. The molecule has 12 nitrogen and oxygen atoms in total. The Morgan fingerprint density at radius 1 is 0.815 bits per heavy atom. The second-order valence-corrected chi connectivity index (χ2v) is 12.3. The molecule has 1 aliphatic heterocycles. The largest absolute Gasteiger partial charge is 1.00 e. The monoisotopic (exact) mass is 890 g/mol. The van der Waals surface area contributed by atoms with Crippen LogP contribution < -0.4 is 119 Å². The molecule has 2 radical (unpaired) electrons. The summed E-state index contributed by atoms with van der Waals surface area (Å²) in [6.07, 6.45) is -9.12. The van der Waals surface area contributed by atoms with Crippen LogP contribution in [-0.2, 0) is 31.6 Å². The van der Waals surface area contributed by atoms with Crippen LogP contribution in [0.5, 0.6) is 0 Å². The predicted molar refractivity (Wildman–Crippen MR) is 180 cm³/mol. The van der Waals surface area contributed by atoms with Crippen LogP contribution in [0.1, 0.15) is 61.0 Å². The molecule has 2 aromatic carbocycles. The molecule has 0 unspecified atom stereocenters. The first-order valence-corrected chi connectivity index (χ1v) is 16.3. The van der Waals surface area contributed by atoms with E-state index in [1.54, 1.807) is 4.90 Å². The Kier molecular flexibility index (Phi) is 31.2. The topological polar surface area (TPSA) is 157 Å². The molecule has 3 amide bonds. The fourth-order valence-corrected chi connectivity index (χ4v) is 3.99. The molecule has 1 aliphatic rings. The van der Waals surface area contributed by atoms with Crippen molar-refractivity contribution in [3.05, 3.63) is 70.8 Å². The van der Waals surface area contributed by atoms with Crippen LogP contribution in [0.25, 0.3) is 0 Å². The van der Waals surface area contributed by atoms with Crippen LogP contribution in [0, 0.1) is 0 Å². The number of carbonyl (C=O) groups is 5. The van der Waals surface area contributed by atoms with E-state index in [-0.39, 0.29) is 139 Å². The molecule has 0 aromatic heterocycles. The number of hydrogen-bond acceptors (Lipinski definition) is 9. The number of alkyl halides is 7. The van der Waals surface area contributed by atoms with Gasteiger partial charge in [-0.1, -0.05) is 15.9 Å². The number of rotatable bonds is 8. The average Bonchev–Trinajstić information content (AvgIpc) is 3.06. The van der Waals surface area contributed by atoms with Crippen LogP contribution in [-0.4, -0.2) is 104 Å². The van der Waals surface area contributed by atoms with Gasteiger partial charge in [0.1, 0.15) is 5.60 Å². The SMILES string of the molecule is CC(C)(C)OC(=O)N1CCN(CCNC(=O)c2ccc(C(F)(F)F)cc2)CC1.O=C(NCCBr)c1ccc(C(F)(F)F)cc1.O=CO[O-].[B]C(C)=O.[H-].[K+].[K+]. The molecule has 0 spiro atoms. The van der Waals surface area contributed by atoms with Crippen LogP contribution in [0.3, 0.4) is 0 Å². The van der Waals surface area contributed by atoms with E-state index < -0.39 is 35.0 Å². The van der Waals surface area contributed by atoms with Crippen molar-refractivity contribution in [1.82, 2.24) is 20.4 Å². The van der Waals surface area contributed by atoms with Crippen LogP contribution >= 0.6 is 15.9 Å². The van der Waals surface area contributed by atoms with Gasteiger partial charge in [0, 0.05) is 62.3 Å². The van der Waals surface area contributed by atoms with E-state index >= 15 is 0 Å². The van der Waals surface area contributed by atoms with Gasteiger partial charge in [-0.2, -0.15) is 26.3 Å². The Hall–Kier alpha value is -0.892. The molecule has 1 saturated heterocycles. The zero-order valence-corrected chi connectivity index (χ0v) is 38.6. The first-order valence-electron chi connectivity index (χ1n) is 15.2. The Balaban J connectivity index is -0.000000409. The zero-order chi connectivity index (χ0) is 40.1. The summed E-state index contributed by atoms with van der Waals surface area (Å²) < 4.78 is 79.6. The van der Waals surface area contributed by atoms with Crippen molar-refractivity contribution >= 4 is 53.8 Å². The number of benzene rings is 2. The van der Waals surface area contributed by atoms with Crippen molar-refractivity contribution in [2.24, 2.45) is 0 Å². The van der Waals surface area contributed by atoms with Gasteiger partial charge in [0.25, 0.3) is 18.3 Å². The summed E-state index contributed by atoms with van der Waals surface area (Å²) in [5, 5.41) is 14.3. The summed E-state index contributed by atoms with van der Waals surface area (Å²) in [5.41, 5.74) is -2.01. The summed E-state index contributed by atoms with van der Waals surface area (Å²) in [5.74, 6) is -0.797. The maximum absolute atomic E-state index is 12.5. The minimum atomic E-state index is -4.42. The molecule has 0 saturated carbocycles. The third-order valence-electron chi connectivity index (χ3n) is 6.11. The second kappa shape index (κ2) is 29.3. The van der Waals surface area contributed by atoms with Gasteiger partial charge in [0.05, 0.1) is 16.8 Å². The molecule has 54 heavy (non-hydrogen) atoms. The Labute approximate surface area is 406 Å². The number of amides is 3. The summed E-state index contributed by atoms with van der Waals surface area (Å²) >= 11 is 3.12. The smallest absolute Gasteiger partial charge is 1.00 e. The minimum absolute atomic E-state index is 0. The van der Waals surface area contributed by atoms with Gasteiger partial charge in [0.15, 0.2) is 7.85 Å². The third-order valence-corrected chi connectivity index (χ3v) is 6.50. The summed E-state index contributed by atoms with van der Waals surface area (Å²) in [6.45, 7) is 10.4. The Bertz CT molecular complexity index is 1420. The molecule has 2 aromatic rings. The number of hydrogen-bond donors (Lipinski definition) is 2. The van der Waals surface area contributed by atoms with Gasteiger partial charge >= 0.3 is 121 Å². The Morgan fingerprint density at radius 3 is 1.46 bits per heavy atom. The molecule has 0 aliphatic carbocycles. The molecular formula is C32H40BBrF6K2N4O8. The van der Waals surface area contributed by atoms with Gasteiger partial charge in [-0.25, -0.2) is 4.79 Å². The van der Waals surface area contributed by atoms with Gasteiger partial charge in [-0.15, -0.1) is 0 Å². The number of nitrogens with zero attached hydrogens (tertiary/aromatic N) is 2. The van der Waals surface area contributed by atoms with E-state index in [9.17, 15) is 45.5 Å². The number of halogens is 7. The summed E-state index contributed by atoms with van der Waals surface area (Å²) in [4.78, 5) is 59.6. The van der Waals surface area contributed by atoms with Crippen LogP contribution in [0.15, 0.2) is 48.5 Å². The van der Waals surface area contributed by atoms with Crippen molar-refractivity contribution < 1.29 is 169 Å². The van der Waals surface area contributed by atoms with Crippen molar-refractivity contribution in [1.29, 1.82) is 0 Å². The van der Waals surface area contributed by atoms with Gasteiger partial charge in [-0.05, 0) is 76.2 Å². The number of nitrogens with one attached hydrogen (secondary N) is 2. The van der Waals surface area contributed by atoms with E-state index in [1.165, 1.54) is 6.92 Å². The number of carbonyl (C=O) groups excluding carboxylic acids is 5. The minimum Gasteiger partial charge on any atom is -1.00 e. The normalized spacial score (nSPS) is 12.5. The molecule has 0 bridgehead atoms. The first-order chi connectivity index (χ1) is 24.0. The van der Waals surface area contributed by atoms with Crippen molar-refractivity contribution in [2.75, 3.05) is 51.1 Å². The molecule has 1 fully saturated rings. The summed E-state index contributed by atoms with van der Waals surface area (Å²) in [6, 6.07) is 8.22. The molecule has 3 rings (SSSR count). The first kappa shape index (κ1) is 57.4. The van der Waals surface area contributed by atoms with E-state index in [1.807, 2.05) is 20.8 Å². The maximum atomic E-state index is 12.5. The maximum Gasteiger partial charge on any atom is 1.00 e. The number of piperazine rings is 1. The van der Waals surface area contributed by atoms with Gasteiger partial charge < -0.3 is 36.6 Å². The molecule has 1 heterocycles. The molecule has 290 valence electrons. The molecule has 2 N–H and O–H groups in total. The quantitative estimate of drug-likeness (QED) is 0.0771. The van der Waals surface area contributed by atoms with Gasteiger partial charge in [-0.3, -0.25) is 19.3 Å². The predicted octanol–water partition coefficient (Wildman–Crippen LogP) is -1.93. The van der Waals surface area contributed by atoms with E-state index in [2.05, 4.69) is 44.2 Å². The van der Waals surface area contributed by atoms with Crippen molar-refractivity contribution in [3.8, 4) is 0 Å². The second-order valence-electron chi connectivity index (χ2n) is 11.5.